The number of hydrogen-bond acceptors (Lipinski definition) is 1. The van der Waals surface area contributed by atoms with Crippen molar-refractivity contribution in [2.45, 2.75) is 20.3 Å². The molecule has 0 radical (unpaired) electrons. The third kappa shape index (κ3) is 2.81. The Kier molecular flexibility index (Phi) is 3.64. The van der Waals surface area contributed by atoms with E-state index in [0.717, 1.165) is 0 Å². The molecule has 0 saturated heterocycles. The summed E-state index contributed by atoms with van der Waals surface area (Å²) in [5.74, 6) is -0.347. The van der Waals surface area contributed by atoms with Crippen LogP contribution in [-0.2, 0) is 11.2 Å². The van der Waals surface area contributed by atoms with Crippen molar-refractivity contribution >= 4 is 17.4 Å². The van der Waals surface area contributed by atoms with Gasteiger partial charge in [-0.25, -0.2) is 4.39 Å². The number of hydrogen-bond donors (Lipinski definition) is 0. The average Bonchev–Trinajstić information content (AvgIpc) is 2.11. The van der Waals surface area contributed by atoms with Crippen molar-refractivity contribution in [2.75, 3.05) is 0 Å². The normalized spacial score (nSPS) is 12.6. The number of carbonyl (C=O) groups is 1. The Morgan fingerprint density at radius 2 is 2.21 bits per heavy atom. The largest absolute Gasteiger partial charge is 0.300 e. The fraction of sp³-hybridized carbons (Fsp3) is 0.364. The van der Waals surface area contributed by atoms with Gasteiger partial charge in [0.1, 0.15) is 11.6 Å². The first-order valence-electron chi connectivity index (χ1n) is 4.45. The summed E-state index contributed by atoms with van der Waals surface area (Å²) >= 11 is 5.87. The number of ketones is 1. The van der Waals surface area contributed by atoms with Crippen LogP contribution >= 0.6 is 11.6 Å². The smallest absolute Gasteiger partial charge is 0.132 e. The van der Waals surface area contributed by atoms with Crippen LogP contribution in [0.3, 0.4) is 0 Å². The van der Waals surface area contributed by atoms with Gasteiger partial charge >= 0.3 is 0 Å². The predicted octanol–water partition coefficient (Wildman–Crippen LogP) is 3.25. The van der Waals surface area contributed by atoms with Crippen LogP contribution in [0.1, 0.15) is 19.4 Å². The van der Waals surface area contributed by atoms with Crippen LogP contribution in [0.4, 0.5) is 4.39 Å². The predicted molar refractivity (Wildman–Crippen MR) is 55.0 cm³/mol. The maximum absolute atomic E-state index is 12.9. The molecule has 0 saturated carbocycles. The second-order valence-electron chi connectivity index (χ2n) is 3.45. The molecule has 0 aromatic heterocycles. The van der Waals surface area contributed by atoms with E-state index in [9.17, 15) is 9.18 Å². The van der Waals surface area contributed by atoms with Gasteiger partial charge in [-0.3, -0.25) is 4.79 Å². The first-order valence-corrected chi connectivity index (χ1v) is 4.83. The Morgan fingerprint density at radius 3 is 2.79 bits per heavy atom. The van der Waals surface area contributed by atoms with Gasteiger partial charge in [-0.05, 0) is 37.1 Å². The van der Waals surface area contributed by atoms with Crippen molar-refractivity contribution in [1.29, 1.82) is 0 Å². The van der Waals surface area contributed by atoms with Gasteiger partial charge in [-0.15, -0.1) is 0 Å². The zero-order valence-corrected chi connectivity index (χ0v) is 8.94. The van der Waals surface area contributed by atoms with Gasteiger partial charge in [0.05, 0.1) is 0 Å². The van der Waals surface area contributed by atoms with Crippen LogP contribution in [-0.4, -0.2) is 5.78 Å². The van der Waals surface area contributed by atoms with Crippen molar-refractivity contribution in [1.82, 2.24) is 0 Å². The Labute approximate surface area is 87.9 Å². The topological polar surface area (TPSA) is 17.1 Å². The number of rotatable bonds is 3. The maximum atomic E-state index is 12.9. The Balaban J connectivity index is 2.85. The molecule has 1 rings (SSSR count). The molecule has 0 spiro atoms. The van der Waals surface area contributed by atoms with Gasteiger partial charge in [-0.2, -0.15) is 0 Å². The van der Waals surface area contributed by atoms with Crippen LogP contribution in [0.15, 0.2) is 18.2 Å². The monoisotopic (exact) mass is 214 g/mol. The Hall–Kier alpha value is -0.890. The molecule has 14 heavy (non-hydrogen) atoms. The van der Waals surface area contributed by atoms with E-state index >= 15 is 0 Å². The highest BCUT2D eigenvalue weighted by Gasteiger charge is 2.11. The van der Waals surface area contributed by atoms with E-state index in [0.29, 0.717) is 17.0 Å². The van der Waals surface area contributed by atoms with E-state index in [1.54, 1.807) is 0 Å². The van der Waals surface area contributed by atoms with Gasteiger partial charge in [0.25, 0.3) is 0 Å². The molecule has 0 aliphatic heterocycles. The fourth-order valence-electron chi connectivity index (χ4n) is 1.17. The molecule has 1 atom stereocenters. The first kappa shape index (κ1) is 11.2. The van der Waals surface area contributed by atoms with Gasteiger partial charge < -0.3 is 0 Å². The minimum Gasteiger partial charge on any atom is -0.300 e. The lowest BCUT2D eigenvalue weighted by atomic mass is 9.98. The molecule has 1 aromatic rings. The summed E-state index contributed by atoms with van der Waals surface area (Å²) in [6.45, 7) is 3.33. The first-order chi connectivity index (χ1) is 6.50. The van der Waals surface area contributed by atoms with Crippen molar-refractivity contribution < 1.29 is 9.18 Å². The molecule has 0 aliphatic carbocycles. The summed E-state index contributed by atoms with van der Waals surface area (Å²) in [4.78, 5) is 11.0. The molecule has 1 nitrogen and oxygen atoms in total. The molecule has 0 fully saturated rings. The number of Topliss-reactive ketones (excluding diaryl/α,β-unsaturated/α-hetero) is 1. The zero-order valence-electron chi connectivity index (χ0n) is 8.18. The molecule has 76 valence electrons. The van der Waals surface area contributed by atoms with E-state index in [1.165, 1.54) is 25.1 Å². The Bertz CT molecular complexity index is 349. The number of halogens is 2. The average molecular weight is 215 g/mol. The third-order valence-electron chi connectivity index (χ3n) is 2.23. The van der Waals surface area contributed by atoms with Gasteiger partial charge in [-0.1, -0.05) is 18.5 Å². The lowest BCUT2D eigenvalue weighted by Crippen LogP contribution is -2.09. The molecular formula is C11H12ClFO. The lowest BCUT2D eigenvalue weighted by Gasteiger charge is -2.08. The Morgan fingerprint density at radius 1 is 1.57 bits per heavy atom. The van der Waals surface area contributed by atoms with E-state index in [-0.39, 0.29) is 17.5 Å². The molecule has 0 amide bonds. The molecule has 0 heterocycles. The quantitative estimate of drug-likeness (QED) is 0.755. The molecule has 1 aromatic carbocycles. The minimum atomic E-state index is -0.319. The van der Waals surface area contributed by atoms with E-state index in [2.05, 4.69) is 0 Å². The summed E-state index contributed by atoms with van der Waals surface area (Å²) in [6.07, 6.45) is 0.492. The second kappa shape index (κ2) is 4.56. The molecule has 1 unspecified atom stereocenters. The van der Waals surface area contributed by atoms with Crippen LogP contribution in [0.5, 0.6) is 0 Å². The van der Waals surface area contributed by atoms with Crippen molar-refractivity contribution in [3.63, 3.8) is 0 Å². The summed E-state index contributed by atoms with van der Waals surface area (Å²) in [7, 11) is 0. The number of carbonyl (C=O) groups excluding carboxylic acids is 1. The SMILES string of the molecule is CC(=O)C(C)Cc1cc(F)ccc1Cl. The van der Waals surface area contributed by atoms with Crippen LogP contribution in [0, 0.1) is 11.7 Å². The van der Waals surface area contributed by atoms with Crippen LogP contribution < -0.4 is 0 Å². The van der Waals surface area contributed by atoms with Gasteiger partial charge in [0.2, 0.25) is 0 Å². The molecule has 0 aliphatic rings. The van der Waals surface area contributed by atoms with Crippen LogP contribution in [0.2, 0.25) is 5.02 Å². The highest BCUT2D eigenvalue weighted by atomic mass is 35.5. The zero-order chi connectivity index (χ0) is 10.7. The summed E-state index contributed by atoms with van der Waals surface area (Å²) in [6, 6.07) is 4.20. The van der Waals surface area contributed by atoms with Crippen molar-refractivity contribution in [3.8, 4) is 0 Å². The molecule has 3 heteroatoms. The second-order valence-corrected chi connectivity index (χ2v) is 3.86. The van der Waals surface area contributed by atoms with E-state index in [4.69, 9.17) is 11.6 Å². The highest BCUT2D eigenvalue weighted by Crippen LogP contribution is 2.20. The number of benzene rings is 1. The summed E-state index contributed by atoms with van der Waals surface area (Å²) in [5, 5.41) is 0.513. The lowest BCUT2D eigenvalue weighted by molar-refractivity contribution is -0.120. The molecule has 0 N–H and O–H groups in total. The highest BCUT2D eigenvalue weighted by molar-refractivity contribution is 6.31. The third-order valence-corrected chi connectivity index (χ3v) is 2.60. The maximum Gasteiger partial charge on any atom is 0.132 e. The standard InChI is InChI=1S/C11H12ClFO/c1-7(8(2)14)5-9-6-10(13)3-4-11(9)12/h3-4,6-7H,5H2,1-2H3. The van der Waals surface area contributed by atoms with Crippen molar-refractivity contribution in [2.24, 2.45) is 5.92 Å². The minimum absolute atomic E-state index is 0.0883. The summed E-state index contributed by atoms with van der Waals surface area (Å²) < 4.78 is 12.9. The van der Waals surface area contributed by atoms with Crippen LogP contribution in [0.25, 0.3) is 0 Å². The molecule has 0 bridgehead atoms. The van der Waals surface area contributed by atoms with Gasteiger partial charge in [0, 0.05) is 10.9 Å². The van der Waals surface area contributed by atoms with Crippen molar-refractivity contribution in [3.05, 3.63) is 34.6 Å². The summed E-state index contributed by atoms with van der Waals surface area (Å²) in [5.41, 5.74) is 0.689. The van der Waals surface area contributed by atoms with E-state index in [1.807, 2.05) is 6.92 Å². The van der Waals surface area contributed by atoms with E-state index < -0.39 is 0 Å². The fourth-order valence-corrected chi connectivity index (χ4v) is 1.37. The molecular weight excluding hydrogens is 203 g/mol. The van der Waals surface area contributed by atoms with Gasteiger partial charge in [0.15, 0.2) is 0 Å².